The van der Waals surface area contributed by atoms with Crippen molar-refractivity contribution < 1.29 is 32.9 Å². The molecule has 0 radical (unpaired) electrons. The number of carbonyl (C=O) groups is 2. The van der Waals surface area contributed by atoms with Crippen molar-refractivity contribution in [1.82, 2.24) is 0 Å². The molecule has 0 saturated heterocycles. The summed E-state index contributed by atoms with van der Waals surface area (Å²) in [6, 6.07) is 11.9. The maximum absolute atomic E-state index is 13.9. The van der Waals surface area contributed by atoms with Gasteiger partial charge in [-0.05, 0) is 49.4 Å². The number of ketones is 1. The largest absolute Gasteiger partial charge is 0.467 e. The van der Waals surface area contributed by atoms with Gasteiger partial charge < -0.3 is 18.9 Å². The highest BCUT2D eigenvalue weighted by molar-refractivity contribution is 6.31. The van der Waals surface area contributed by atoms with Crippen molar-refractivity contribution in [1.29, 1.82) is 0 Å². The van der Waals surface area contributed by atoms with Crippen LogP contribution in [0.3, 0.4) is 0 Å². The summed E-state index contributed by atoms with van der Waals surface area (Å²) in [5.41, 5.74) is 1.92. The Hall–Kier alpha value is -3.68. The summed E-state index contributed by atoms with van der Waals surface area (Å²) in [6.45, 7) is 2.09. The van der Waals surface area contributed by atoms with E-state index in [0.717, 1.165) is 5.56 Å². The second-order valence-corrected chi connectivity index (χ2v) is 7.90. The van der Waals surface area contributed by atoms with Gasteiger partial charge in [0.15, 0.2) is 12.6 Å². The van der Waals surface area contributed by atoms with Crippen LogP contribution in [0.15, 0.2) is 54.3 Å². The molecule has 0 atom stereocenters. The van der Waals surface area contributed by atoms with E-state index < -0.39 is 11.8 Å². The van der Waals surface area contributed by atoms with Crippen molar-refractivity contribution in [2.24, 2.45) is 0 Å². The first-order valence-electron chi connectivity index (χ1n) is 10.00. The fourth-order valence-corrected chi connectivity index (χ4v) is 3.97. The van der Waals surface area contributed by atoms with Gasteiger partial charge in [0.1, 0.15) is 23.1 Å². The van der Waals surface area contributed by atoms with E-state index >= 15 is 0 Å². The van der Waals surface area contributed by atoms with Gasteiger partial charge in [-0.15, -0.1) is 0 Å². The molecule has 0 bridgehead atoms. The molecule has 2 aliphatic heterocycles. The van der Waals surface area contributed by atoms with E-state index in [1.165, 1.54) is 30.3 Å². The first kappa shape index (κ1) is 21.2. The number of Topliss-reactive ketones (excluding diaryl/α,β-unsaturated/α-hetero) is 1. The van der Waals surface area contributed by atoms with Crippen LogP contribution in [0.5, 0.6) is 17.2 Å². The number of ether oxygens (including phenoxy) is 4. The molecule has 0 amide bonds. The van der Waals surface area contributed by atoms with Crippen molar-refractivity contribution in [3.8, 4) is 17.2 Å². The summed E-state index contributed by atoms with van der Waals surface area (Å²) < 4.78 is 36.0. The molecule has 0 N–H and O–H groups in total. The van der Waals surface area contributed by atoms with Crippen molar-refractivity contribution in [3.63, 3.8) is 0 Å². The molecule has 0 aliphatic carbocycles. The van der Waals surface area contributed by atoms with Crippen LogP contribution in [0, 0.1) is 12.7 Å². The van der Waals surface area contributed by atoms with Crippen LogP contribution >= 0.6 is 11.6 Å². The molecule has 0 aromatic heterocycles. The third-order valence-corrected chi connectivity index (χ3v) is 5.54. The van der Waals surface area contributed by atoms with E-state index in [4.69, 9.17) is 30.5 Å². The number of benzene rings is 3. The number of allylic oxidation sites excluding steroid dienone is 1. The average Bonchev–Trinajstić information content (AvgIpc) is 3.12. The van der Waals surface area contributed by atoms with Gasteiger partial charge in [-0.25, -0.2) is 9.18 Å². The molecule has 3 aromatic rings. The van der Waals surface area contributed by atoms with Gasteiger partial charge in [0.05, 0.1) is 17.7 Å². The third kappa shape index (κ3) is 3.86. The van der Waals surface area contributed by atoms with Gasteiger partial charge >= 0.3 is 5.97 Å². The Bertz CT molecular complexity index is 1350. The Morgan fingerprint density at radius 1 is 1.15 bits per heavy atom. The van der Waals surface area contributed by atoms with Gasteiger partial charge in [-0.2, -0.15) is 0 Å². The summed E-state index contributed by atoms with van der Waals surface area (Å²) >= 11 is 6.21. The standard InChI is InChI=1S/C25H16ClFO6/c1-13-20(33-25(29)17-4-2-3-5-19(17)27)7-6-18-22(28)21(32-23(13)18)10-14-8-16(26)9-15-11-30-12-31-24(14)15/h2-10H,11-12H2,1H3/b21-10-. The lowest BCUT2D eigenvalue weighted by Crippen LogP contribution is -2.12. The molecule has 0 unspecified atom stereocenters. The number of rotatable bonds is 3. The molecule has 33 heavy (non-hydrogen) atoms. The van der Waals surface area contributed by atoms with Crippen LogP contribution in [0.2, 0.25) is 5.02 Å². The number of carbonyl (C=O) groups excluding carboxylic acids is 2. The van der Waals surface area contributed by atoms with Crippen LogP contribution in [-0.2, 0) is 11.3 Å². The molecule has 0 spiro atoms. The van der Waals surface area contributed by atoms with E-state index in [-0.39, 0.29) is 35.4 Å². The van der Waals surface area contributed by atoms with Gasteiger partial charge in [0.25, 0.3) is 0 Å². The van der Waals surface area contributed by atoms with Gasteiger partial charge in [-0.1, -0.05) is 23.7 Å². The Morgan fingerprint density at radius 3 is 2.79 bits per heavy atom. The summed E-state index contributed by atoms with van der Waals surface area (Å²) in [5, 5.41) is 0.469. The zero-order chi connectivity index (χ0) is 23.1. The van der Waals surface area contributed by atoms with E-state index in [0.29, 0.717) is 34.1 Å². The molecule has 3 aromatic carbocycles. The Kier molecular flexibility index (Phi) is 5.36. The van der Waals surface area contributed by atoms with Gasteiger partial charge in [0, 0.05) is 21.7 Å². The van der Waals surface area contributed by atoms with Crippen LogP contribution in [-0.4, -0.2) is 18.5 Å². The maximum atomic E-state index is 13.9. The molecule has 2 aliphatic rings. The smallest absolute Gasteiger partial charge is 0.346 e. The fourth-order valence-electron chi connectivity index (χ4n) is 3.72. The Morgan fingerprint density at radius 2 is 1.97 bits per heavy atom. The predicted molar refractivity (Wildman–Crippen MR) is 117 cm³/mol. The first-order chi connectivity index (χ1) is 15.9. The number of esters is 1. The van der Waals surface area contributed by atoms with Crippen LogP contribution in [0.25, 0.3) is 6.08 Å². The molecule has 0 fully saturated rings. The average molecular weight is 467 g/mol. The first-order valence-corrected chi connectivity index (χ1v) is 10.4. The minimum Gasteiger partial charge on any atom is -0.467 e. The Labute approximate surface area is 193 Å². The lowest BCUT2D eigenvalue weighted by atomic mass is 10.0. The molecule has 8 heteroatoms. The van der Waals surface area contributed by atoms with E-state index in [2.05, 4.69) is 0 Å². The normalized spacial score (nSPS) is 15.5. The van der Waals surface area contributed by atoms with E-state index in [1.807, 2.05) is 0 Å². The molecular formula is C25H16ClFO6. The number of fused-ring (bicyclic) bond motifs is 2. The fraction of sp³-hybridized carbons (Fsp3) is 0.120. The van der Waals surface area contributed by atoms with Crippen molar-refractivity contribution in [3.05, 3.63) is 92.9 Å². The third-order valence-electron chi connectivity index (χ3n) is 5.32. The summed E-state index contributed by atoms with van der Waals surface area (Å²) in [7, 11) is 0. The summed E-state index contributed by atoms with van der Waals surface area (Å²) in [6.07, 6.45) is 1.56. The second kappa shape index (κ2) is 8.35. The highest BCUT2D eigenvalue weighted by Crippen LogP contribution is 2.41. The van der Waals surface area contributed by atoms with Gasteiger partial charge in [-0.3, -0.25) is 4.79 Å². The quantitative estimate of drug-likeness (QED) is 0.289. The lowest BCUT2D eigenvalue weighted by molar-refractivity contribution is -0.0165. The van der Waals surface area contributed by atoms with Crippen molar-refractivity contribution >= 4 is 29.4 Å². The Balaban J connectivity index is 1.46. The monoisotopic (exact) mass is 466 g/mol. The van der Waals surface area contributed by atoms with Crippen LogP contribution < -0.4 is 14.2 Å². The van der Waals surface area contributed by atoms with Crippen molar-refractivity contribution in [2.45, 2.75) is 13.5 Å². The topological polar surface area (TPSA) is 71.1 Å². The zero-order valence-corrected chi connectivity index (χ0v) is 18.1. The van der Waals surface area contributed by atoms with Gasteiger partial charge in [0.2, 0.25) is 5.78 Å². The molecule has 2 heterocycles. The molecular weight excluding hydrogens is 451 g/mol. The van der Waals surface area contributed by atoms with Crippen molar-refractivity contribution in [2.75, 3.05) is 6.79 Å². The van der Waals surface area contributed by atoms with E-state index in [9.17, 15) is 14.0 Å². The zero-order valence-electron chi connectivity index (χ0n) is 17.3. The summed E-state index contributed by atoms with van der Waals surface area (Å²) in [4.78, 5) is 25.4. The maximum Gasteiger partial charge on any atom is 0.346 e. The number of hydrogen-bond donors (Lipinski definition) is 0. The van der Waals surface area contributed by atoms with E-state index in [1.54, 1.807) is 31.2 Å². The molecule has 166 valence electrons. The number of hydrogen-bond acceptors (Lipinski definition) is 6. The minimum absolute atomic E-state index is 0.0743. The predicted octanol–water partition coefficient (Wildman–Crippen LogP) is 5.49. The molecule has 6 nitrogen and oxygen atoms in total. The summed E-state index contributed by atoms with van der Waals surface area (Å²) in [5.74, 6) is -0.786. The SMILES string of the molecule is Cc1c(OC(=O)c2ccccc2F)ccc2c1O/C(=C\c1cc(Cl)cc3c1OCOC3)C2=O. The lowest BCUT2D eigenvalue weighted by Gasteiger charge is -2.20. The van der Waals surface area contributed by atoms with Crippen LogP contribution in [0.4, 0.5) is 4.39 Å². The number of halogens is 2. The molecule has 0 saturated carbocycles. The van der Waals surface area contributed by atoms with Crippen LogP contribution in [0.1, 0.15) is 37.4 Å². The minimum atomic E-state index is -0.846. The highest BCUT2D eigenvalue weighted by atomic mass is 35.5. The second-order valence-electron chi connectivity index (χ2n) is 7.47. The molecule has 5 rings (SSSR count). The highest BCUT2D eigenvalue weighted by Gasteiger charge is 2.31.